The zero-order chi connectivity index (χ0) is 15.4. The van der Waals surface area contributed by atoms with Crippen LogP contribution in [-0.4, -0.2) is 17.7 Å². The fourth-order valence-corrected chi connectivity index (χ4v) is 2.18. The van der Waals surface area contributed by atoms with Crippen molar-refractivity contribution in [1.29, 1.82) is 0 Å². The molecule has 0 aliphatic carbocycles. The van der Waals surface area contributed by atoms with Crippen LogP contribution in [0.25, 0.3) is 0 Å². The lowest BCUT2D eigenvalue weighted by atomic mass is 10.1. The molecule has 2 rings (SSSR count). The molecule has 112 valence electrons. The van der Waals surface area contributed by atoms with Crippen LogP contribution < -0.4 is 10.1 Å². The van der Waals surface area contributed by atoms with Crippen LogP contribution in [0, 0.1) is 13.8 Å². The number of aryl methyl sites for hydroxylation is 2. The number of nitrogens with one attached hydrogen (secondary N) is 1. The van der Waals surface area contributed by atoms with Gasteiger partial charge in [-0.3, -0.25) is 4.79 Å². The van der Waals surface area contributed by atoms with Gasteiger partial charge in [-0.15, -0.1) is 0 Å². The molecule has 1 N–H and O–H groups in total. The molecule has 1 amide bonds. The molecule has 21 heavy (non-hydrogen) atoms. The van der Waals surface area contributed by atoms with Gasteiger partial charge in [-0.1, -0.05) is 17.3 Å². The molecule has 1 aromatic carbocycles. The van der Waals surface area contributed by atoms with E-state index in [1.807, 2.05) is 38.1 Å². The summed E-state index contributed by atoms with van der Waals surface area (Å²) in [7, 11) is 0. The molecular weight excluding hydrogens is 268 g/mol. The van der Waals surface area contributed by atoms with Gasteiger partial charge in [0.05, 0.1) is 18.3 Å². The molecule has 0 saturated heterocycles. The maximum absolute atomic E-state index is 12.3. The minimum Gasteiger partial charge on any atom is -0.494 e. The van der Waals surface area contributed by atoms with Crippen molar-refractivity contribution >= 4 is 5.91 Å². The van der Waals surface area contributed by atoms with Gasteiger partial charge >= 0.3 is 0 Å². The Labute approximate surface area is 124 Å². The lowest BCUT2D eigenvalue weighted by Gasteiger charge is -2.14. The van der Waals surface area contributed by atoms with Crippen molar-refractivity contribution in [3.8, 4) is 5.75 Å². The number of ether oxygens (including phenoxy) is 1. The number of hydrogen-bond donors (Lipinski definition) is 1. The highest BCUT2D eigenvalue weighted by Gasteiger charge is 2.19. The standard InChI is InChI=1S/C16H20N2O3/c1-5-20-14-8-6-13(7-9-14)10(2)17-16(19)15-11(3)18-21-12(15)4/h6-10H,5H2,1-4H3,(H,17,19)/t10-/m0/s1. The van der Waals surface area contributed by atoms with E-state index in [4.69, 9.17) is 9.26 Å². The van der Waals surface area contributed by atoms with Crippen molar-refractivity contribution in [2.75, 3.05) is 6.61 Å². The van der Waals surface area contributed by atoms with Crippen LogP contribution >= 0.6 is 0 Å². The number of rotatable bonds is 5. The number of amides is 1. The predicted molar refractivity (Wildman–Crippen MR) is 79.5 cm³/mol. The molecule has 0 spiro atoms. The third kappa shape index (κ3) is 3.42. The van der Waals surface area contributed by atoms with Crippen molar-refractivity contribution in [2.45, 2.75) is 33.7 Å². The summed E-state index contributed by atoms with van der Waals surface area (Å²) in [4.78, 5) is 12.3. The summed E-state index contributed by atoms with van der Waals surface area (Å²) in [6.45, 7) is 8.01. The predicted octanol–water partition coefficient (Wildman–Crippen LogP) is 3.18. The molecular formula is C16H20N2O3. The average Bonchev–Trinajstić information content (AvgIpc) is 2.79. The maximum atomic E-state index is 12.3. The summed E-state index contributed by atoms with van der Waals surface area (Å²) in [6, 6.07) is 7.59. The van der Waals surface area contributed by atoms with Gasteiger partial charge in [0.2, 0.25) is 0 Å². The van der Waals surface area contributed by atoms with Gasteiger partial charge in [0.25, 0.3) is 5.91 Å². The van der Waals surface area contributed by atoms with E-state index in [0.29, 0.717) is 23.6 Å². The molecule has 0 bridgehead atoms. The number of aromatic nitrogens is 1. The van der Waals surface area contributed by atoms with Crippen LogP contribution in [0.15, 0.2) is 28.8 Å². The second kappa shape index (κ2) is 6.43. The van der Waals surface area contributed by atoms with Gasteiger partial charge in [-0.25, -0.2) is 0 Å². The van der Waals surface area contributed by atoms with E-state index in [9.17, 15) is 4.79 Å². The highest BCUT2D eigenvalue weighted by Crippen LogP contribution is 2.19. The molecule has 1 aromatic heterocycles. The Hall–Kier alpha value is -2.30. The topological polar surface area (TPSA) is 64.4 Å². The quantitative estimate of drug-likeness (QED) is 0.917. The Bertz CT molecular complexity index is 597. The van der Waals surface area contributed by atoms with Crippen LogP contribution in [0.4, 0.5) is 0 Å². The lowest BCUT2D eigenvalue weighted by molar-refractivity contribution is 0.0938. The molecule has 0 aliphatic heterocycles. The summed E-state index contributed by atoms with van der Waals surface area (Å²) in [6.07, 6.45) is 0. The Balaban J connectivity index is 2.07. The summed E-state index contributed by atoms with van der Waals surface area (Å²) >= 11 is 0. The van der Waals surface area contributed by atoms with Crippen LogP contribution in [0.5, 0.6) is 5.75 Å². The van der Waals surface area contributed by atoms with Crippen LogP contribution in [0.3, 0.4) is 0 Å². The Morgan fingerprint density at radius 2 is 2.00 bits per heavy atom. The van der Waals surface area contributed by atoms with E-state index >= 15 is 0 Å². The number of benzene rings is 1. The first kappa shape index (κ1) is 15.1. The van der Waals surface area contributed by atoms with E-state index in [1.54, 1.807) is 13.8 Å². The van der Waals surface area contributed by atoms with Gasteiger partial charge in [0.1, 0.15) is 17.1 Å². The zero-order valence-corrected chi connectivity index (χ0v) is 12.8. The van der Waals surface area contributed by atoms with E-state index in [-0.39, 0.29) is 11.9 Å². The van der Waals surface area contributed by atoms with Gasteiger partial charge in [-0.2, -0.15) is 0 Å². The largest absolute Gasteiger partial charge is 0.494 e. The average molecular weight is 288 g/mol. The maximum Gasteiger partial charge on any atom is 0.257 e. The molecule has 5 heteroatoms. The molecule has 0 radical (unpaired) electrons. The van der Waals surface area contributed by atoms with E-state index in [0.717, 1.165) is 11.3 Å². The zero-order valence-electron chi connectivity index (χ0n) is 12.8. The first-order valence-electron chi connectivity index (χ1n) is 6.99. The highest BCUT2D eigenvalue weighted by molar-refractivity contribution is 5.96. The van der Waals surface area contributed by atoms with Crippen LogP contribution in [-0.2, 0) is 0 Å². The molecule has 1 heterocycles. The lowest BCUT2D eigenvalue weighted by Crippen LogP contribution is -2.27. The van der Waals surface area contributed by atoms with Crippen molar-refractivity contribution in [1.82, 2.24) is 10.5 Å². The van der Waals surface area contributed by atoms with Gasteiger partial charge < -0.3 is 14.6 Å². The minimum absolute atomic E-state index is 0.109. The van der Waals surface area contributed by atoms with Crippen LogP contribution in [0.1, 0.15) is 47.3 Å². The molecule has 0 fully saturated rings. The molecule has 0 saturated carbocycles. The van der Waals surface area contributed by atoms with Crippen molar-refractivity contribution in [2.24, 2.45) is 0 Å². The Morgan fingerprint density at radius 3 is 2.52 bits per heavy atom. The minimum atomic E-state index is -0.173. The van der Waals surface area contributed by atoms with Crippen LogP contribution in [0.2, 0.25) is 0 Å². The van der Waals surface area contributed by atoms with Crippen molar-refractivity contribution in [3.63, 3.8) is 0 Å². The number of nitrogens with zero attached hydrogens (tertiary/aromatic N) is 1. The molecule has 0 unspecified atom stereocenters. The van der Waals surface area contributed by atoms with E-state index in [2.05, 4.69) is 10.5 Å². The molecule has 0 aliphatic rings. The summed E-state index contributed by atoms with van der Waals surface area (Å²) < 4.78 is 10.4. The van der Waals surface area contributed by atoms with Gasteiger partial charge in [0, 0.05) is 0 Å². The number of hydrogen-bond acceptors (Lipinski definition) is 4. The third-order valence-corrected chi connectivity index (χ3v) is 3.30. The SMILES string of the molecule is CCOc1ccc([C@H](C)NC(=O)c2c(C)noc2C)cc1. The molecule has 5 nitrogen and oxygen atoms in total. The fraction of sp³-hybridized carbons (Fsp3) is 0.375. The van der Waals surface area contributed by atoms with Crippen molar-refractivity contribution < 1.29 is 14.1 Å². The fourth-order valence-electron chi connectivity index (χ4n) is 2.18. The first-order valence-corrected chi connectivity index (χ1v) is 6.99. The third-order valence-electron chi connectivity index (χ3n) is 3.30. The summed E-state index contributed by atoms with van der Waals surface area (Å²) in [5, 5.41) is 6.75. The smallest absolute Gasteiger partial charge is 0.257 e. The number of carbonyl (C=O) groups is 1. The van der Waals surface area contributed by atoms with E-state index < -0.39 is 0 Å². The van der Waals surface area contributed by atoms with E-state index in [1.165, 1.54) is 0 Å². The second-order valence-electron chi connectivity index (χ2n) is 4.90. The second-order valence-corrected chi connectivity index (χ2v) is 4.90. The summed E-state index contributed by atoms with van der Waals surface area (Å²) in [5.74, 6) is 1.18. The number of carbonyl (C=O) groups excluding carboxylic acids is 1. The monoisotopic (exact) mass is 288 g/mol. The first-order chi connectivity index (χ1) is 10.0. The van der Waals surface area contributed by atoms with Gasteiger partial charge in [-0.05, 0) is 45.4 Å². The van der Waals surface area contributed by atoms with Crippen molar-refractivity contribution in [3.05, 3.63) is 46.8 Å². The Kier molecular flexibility index (Phi) is 4.62. The van der Waals surface area contributed by atoms with Gasteiger partial charge in [0.15, 0.2) is 0 Å². The molecule has 1 atom stereocenters. The normalized spacial score (nSPS) is 12.0. The Morgan fingerprint density at radius 1 is 1.33 bits per heavy atom. The summed E-state index contributed by atoms with van der Waals surface area (Å²) in [5.41, 5.74) is 2.12. The molecule has 2 aromatic rings. The highest BCUT2D eigenvalue weighted by atomic mass is 16.5.